The molecule has 0 radical (unpaired) electrons. The molecule has 2 aromatic rings. The summed E-state index contributed by atoms with van der Waals surface area (Å²) in [6.45, 7) is 6.26. The molecule has 0 unspecified atom stereocenters. The monoisotopic (exact) mass is 328 g/mol. The van der Waals surface area contributed by atoms with Crippen LogP contribution >= 0.6 is 0 Å². The van der Waals surface area contributed by atoms with E-state index in [0.717, 1.165) is 29.7 Å². The fourth-order valence-electron chi connectivity index (χ4n) is 2.51. The number of aryl methyl sites for hydroxylation is 1. The molecular weight excluding hydrogens is 304 g/mol. The standard InChI is InChI=1S/C18H24N4O2/c1-10(2)13-7-11(3)14(23-4)8-15(13)24-16-9-20-18(22-17(16)19)21-12-5-6-12/h7-10,12H,5-6H2,1-4H3,(H3,19,20,21,22). The normalized spacial score (nSPS) is 13.9. The Bertz CT molecular complexity index is 742. The Labute approximate surface area is 142 Å². The second-order valence-corrected chi connectivity index (χ2v) is 6.48. The molecule has 128 valence electrons. The van der Waals surface area contributed by atoms with Crippen LogP contribution in [0.4, 0.5) is 11.8 Å². The number of nitrogens with one attached hydrogen (secondary N) is 1. The molecule has 1 saturated carbocycles. The number of methoxy groups -OCH3 is 1. The van der Waals surface area contributed by atoms with Crippen LogP contribution in [0.3, 0.4) is 0 Å². The van der Waals surface area contributed by atoms with Crippen molar-refractivity contribution in [1.82, 2.24) is 9.97 Å². The molecule has 1 fully saturated rings. The van der Waals surface area contributed by atoms with Crippen molar-refractivity contribution in [2.24, 2.45) is 0 Å². The summed E-state index contributed by atoms with van der Waals surface area (Å²) >= 11 is 0. The number of hydrogen-bond donors (Lipinski definition) is 2. The van der Waals surface area contributed by atoms with Crippen molar-refractivity contribution in [2.75, 3.05) is 18.2 Å². The number of nitrogens with two attached hydrogens (primary N) is 1. The lowest BCUT2D eigenvalue weighted by Crippen LogP contribution is -2.07. The Morgan fingerprint density at radius 2 is 1.96 bits per heavy atom. The number of benzene rings is 1. The highest BCUT2D eigenvalue weighted by Crippen LogP contribution is 2.37. The van der Waals surface area contributed by atoms with Gasteiger partial charge in [-0.05, 0) is 42.9 Å². The Hall–Kier alpha value is -2.50. The second-order valence-electron chi connectivity index (χ2n) is 6.48. The molecule has 6 heteroatoms. The van der Waals surface area contributed by atoms with E-state index in [9.17, 15) is 0 Å². The zero-order valence-corrected chi connectivity index (χ0v) is 14.6. The van der Waals surface area contributed by atoms with Crippen molar-refractivity contribution < 1.29 is 9.47 Å². The van der Waals surface area contributed by atoms with Gasteiger partial charge < -0.3 is 20.5 Å². The van der Waals surface area contributed by atoms with E-state index in [-0.39, 0.29) is 0 Å². The van der Waals surface area contributed by atoms with Gasteiger partial charge in [0.15, 0.2) is 11.6 Å². The highest BCUT2D eigenvalue weighted by Gasteiger charge is 2.22. The lowest BCUT2D eigenvalue weighted by atomic mass is 9.99. The summed E-state index contributed by atoms with van der Waals surface area (Å²) in [4.78, 5) is 8.58. The van der Waals surface area contributed by atoms with E-state index in [2.05, 4.69) is 35.2 Å². The van der Waals surface area contributed by atoms with Crippen LogP contribution in [0.1, 0.15) is 43.7 Å². The highest BCUT2D eigenvalue weighted by atomic mass is 16.5. The molecule has 1 heterocycles. The van der Waals surface area contributed by atoms with Crippen molar-refractivity contribution in [3.8, 4) is 17.2 Å². The van der Waals surface area contributed by atoms with Crippen molar-refractivity contribution in [1.29, 1.82) is 0 Å². The van der Waals surface area contributed by atoms with E-state index in [1.54, 1.807) is 13.3 Å². The number of rotatable bonds is 6. The molecule has 3 N–H and O–H groups in total. The minimum Gasteiger partial charge on any atom is -0.496 e. The maximum Gasteiger partial charge on any atom is 0.225 e. The molecular formula is C18H24N4O2. The fourth-order valence-corrected chi connectivity index (χ4v) is 2.51. The van der Waals surface area contributed by atoms with Crippen molar-refractivity contribution in [2.45, 2.75) is 45.6 Å². The predicted molar refractivity (Wildman–Crippen MR) is 95.0 cm³/mol. The second kappa shape index (κ2) is 6.55. The third-order valence-corrected chi connectivity index (χ3v) is 4.06. The van der Waals surface area contributed by atoms with Crippen LogP contribution in [0, 0.1) is 6.92 Å². The van der Waals surface area contributed by atoms with Crippen molar-refractivity contribution in [3.05, 3.63) is 29.5 Å². The van der Waals surface area contributed by atoms with Gasteiger partial charge in [0.2, 0.25) is 5.95 Å². The van der Waals surface area contributed by atoms with Gasteiger partial charge in [-0.1, -0.05) is 13.8 Å². The average Bonchev–Trinajstić information content (AvgIpc) is 3.35. The molecule has 0 aliphatic heterocycles. The summed E-state index contributed by atoms with van der Waals surface area (Å²) in [5, 5.41) is 3.23. The number of aromatic nitrogens is 2. The van der Waals surface area contributed by atoms with Crippen LogP contribution < -0.4 is 20.5 Å². The first-order valence-electron chi connectivity index (χ1n) is 8.23. The molecule has 0 amide bonds. The molecule has 0 bridgehead atoms. The van der Waals surface area contributed by atoms with Gasteiger partial charge >= 0.3 is 0 Å². The van der Waals surface area contributed by atoms with E-state index in [1.807, 2.05) is 13.0 Å². The van der Waals surface area contributed by atoms with Gasteiger partial charge in [0.05, 0.1) is 13.3 Å². The van der Waals surface area contributed by atoms with E-state index in [1.165, 1.54) is 0 Å². The van der Waals surface area contributed by atoms with Gasteiger partial charge in [-0.25, -0.2) is 4.98 Å². The average molecular weight is 328 g/mol. The largest absolute Gasteiger partial charge is 0.496 e. The van der Waals surface area contributed by atoms with E-state index in [0.29, 0.717) is 35.2 Å². The molecule has 1 aliphatic rings. The molecule has 3 rings (SSSR count). The molecule has 0 spiro atoms. The van der Waals surface area contributed by atoms with Gasteiger partial charge in [-0.15, -0.1) is 0 Å². The third kappa shape index (κ3) is 3.53. The number of ether oxygens (including phenoxy) is 2. The smallest absolute Gasteiger partial charge is 0.225 e. The van der Waals surface area contributed by atoms with Crippen molar-refractivity contribution >= 4 is 11.8 Å². The van der Waals surface area contributed by atoms with E-state index >= 15 is 0 Å². The zero-order valence-electron chi connectivity index (χ0n) is 14.6. The SMILES string of the molecule is COc1cc(Oc2cnc(NC3CC3)nc2N)c(C(C)C)cc1C. The lowest BCUT2D eigenvalue weighted by molar-refractivity contribution is 0.404. The summed E-state index contributed by atoms with van der Waals surface area (Å²) in [5.41, 5.74) is 8.21. The quantitative estimate of drug-likeness (QED) is 0.838. The summed E-state index contributed by atoms with van der Waals surface area (Å²) in [7, 11) is 1.65. The van der Waals surface area contributed by atoms with Crippen LogP contribution in [0.15, 0.2) is 18.3 Å². The van der Waals surface area contributed by atoms with E-state index < -0.39 is 0 Å². The molecule has 24 heavy (non-hydrogen) atoms. The molecule has 0 saturated heterocycles. The Kier molecular flexibility index (Phi) is 4.46. The number of hydrogen-bond acceptors (Lipinski definition) is 6. The zero-order chi connectivity index (χ0) is 17.3. The number of nitrogens with zero attached hydrogens (tertiary/aromatic N) is 2. The number of nitrogen functional groups attached to an aromatic ring is 1. The van der Waals surface area contributed by atoms with Crippen molar-refractivity contribution in [3.63, 3.8) is 0 Å². The number of anilines is 2. The molecule has 6 nitrogen and oxygen atoms in total. The summed E-state index contributed by atoms with van der Waals surface area (Å²) in [5.74, 6) is 3.12. The van der Waals surface area contributed by atoms with Gasteiger partial charge in [0.1, 0.15) is 11.5 Å². The molecule has 1 aromatic carbocycles. The lowest BCUT2D eigenvalue weighted by Gasteiger charge is -2.17. The van der Waals surface area contributed by atoms with Crippen LogP contribution in [0.25, 0.3) is 0 Å². The van der Waals surface area contributed by atoms with Gasteiger partial charge in [0, 0.05) is 12.1 Å². The Morgan fingerprint density at radius 1 is 1.21 bits per heavy atom. The first kappa shape index (κ1) is 16.4. The van der Waals surface area contributed by atoms with Crippen LogP contribution in [-0.2, 0) is 0 Å². The molecule has 0 atom stereocenters. The summed E-state index contributed by atoms with van der Waals surface area (Å²) in [6, 6.07) is 4.45. The van der Waals surface area contributed by atoms with Gasteiger partial charge in [-0.2, -0.15) is 4.98 Å². The van der Waals surface area contributed by atoms with Crippen LogP contribution in [-0.4, -0.2) is 23.1 Å². The maximum absolute atomic E-state index is 6.04. The third-order valence-electron chi connectivity index (χ3n) is 4.06. The minimum atomic E-state index is 0.308. The first-order chi connectivity index (χ1) is 11.5. The maximum atomic E-state index is 6.04. The summed E-state index contributed by atoms with van der Waals surface area (Å²) in [6.07, 6.45) is 3.92. The molecule has 1 aliphatic carbocycles. The molecule has 1 aromatic heterocycles. The van der Waals surface area contributed by atoms with Crippen LogP contribution in [0.5, 0.6) is 17.2 Å². The first-order valence-corrected chi connectivity index (χ1v) is 8.23. The topological polar surface area (TPSA) is 82.3 Å². The Morgan fingerprint density at radius 3 is 2.54 bits per heavy atom. The Balaban J connectivity index is 1.89. The predicted octanol–water partition coefficient (Wildman–Crippen LogP) is 3.87. The van der Waals surface area contributed by atoms with Gasteiger partial charge in [-0.3, -0.25) is 0 Å². The summed E-state index contributed by atoms with van der Waals surface area (Å²) < 4.78 is 11.4. The minimum absolute atomic E-state index is 0.308. The highest BCUT2D eigenvalue weighted by molar-refractivity contribution is 5.54. The van der Waals surface area contributed by atoms with Crippen LogP contribution in [0.2, 0.25) is 0 Å². The van der Waals surface area contributed by atoms with Gasteiger partial charge in [0.25, 0.3) is 0 Å². The van der Waals surface area contributed by atoms with E-state index in [4.69, 9.17) is 15.2 Å². The fraction of sp³-hybridized carbons (Fsp3) is 0.444.